The fourth-order valence-electron chi connectivity index (χ4n) is 0.855. The van der Waals surface area contributed by atoms with Gasteiger partial charge in [-0.15, -0.1) is 0 Å². The Labute approximate surface area is 130 Å². The Morgan fingerprint density at radius 3 is 1.58 bits per heavy atom. The average Bonchev–Trinajstić information content (AvgIpc) is 2.92. The van der Waals surface area contributed by atoms with E-state index in [1.54, 1.807) is 32.1 Å². The van der Waals surface area contributed by atoms with Gasteiger partial charge in [-0.25, -0.2) is 0 Å². The quantitative estimate of drug-likeness (QED) is 0.486. The second-order valence-corrected chi connectivity index (χ2v) is 5.30. The van der Waals surface area contributed by atoms with Crippen molar-refractivity contribution in [3.05, 3.63) is 57.0 Å². The number of hydrogen-bond acceptors (Lipinski definition) is 0. The molecule has 0 spiro atoms. The molecule has 0 saturated carbocycles. The van der Waals surface area contributed by atoms with Gasteiger partial charge in [-0.1, -0.05) is 24.3 Å². The van der Waals surface area contributed by atoms with Crippen LogP contribution in [0, 0.1) is 0 Å². The van der Waals surface area contributed by atoms with Gasteiger partial charge in [-0.05, 0) is 13.8 Å². The molecule has 0 radical (unpaired) electrons. The van der Waals surface area contributed by atoms with Crippen LogP contribution in [0.5, 0.6) is 0 Å². The van der Waals surface area contributed by atoms with Crippen LogP contribution < -0.4 is 0 Å². The molecule has 0 saturated heterocycles. The van der Waals surface area contributed by atoms with Gasteiger partial charge in [0.25, 0.3) is 0 Å². The van der Waals surface area contributed by atoms with Gasteiger partial charge in [-0.3, -0.25) is 0 Å². The number of rotatable bonds is 2. The molecule has 0 fully saturated rings. The van der Waals surface area contributed by atoms with Gasteiger partial charge in [0.1, 0.15) is 0 Å². The summed E-state index contributed by atoms with van der Waals surface area (Å²) >= 11 is 0.292. The predicted molar refractivity (Wildman–Crippen MR) is 87.7 cm³/mol. The Morgan fingerprint density at radius 2 is 1.42 bits per heavy atom. The SMILES string of the molecule is CC=CC=CC.C[N-]C.C[N-]C.[CH3][Ti+2][C]1=CC=CC1. The third-order valence-electron chi connectivity index (χ3n) is 1.59. The number of nitrogens with zero attached hydrogens (tertiary/aromatic N) is 2. The van der Waals surface area contributed by atoms with Crippen molar-refractivity contribution in [3.63, 3.8) is 0 Å². The van der Waals surface area contributed by atoms with Gasteiger partial charge in [0, 0.05) is 0 Å². The van der Waals surface area contributed by atoms with E-state index in [0.717, 1.165) is 0 Å². The summed E-state index contributed by atoms with van der Waals surface area (Å²) in [7, 11) is 7.00. The van der Waals surface area contributed by atoms with Crippen LogP contribution in [-0.4, -0.2) is 28.2 Å². The second kappa shape index (κ2) is 26.2. The molecule has 0 unspecified atom stereocenters. The van der Waals surface area contributed by atoms with Crippen LogP contribution in [0.15, 0.2) is 46.4 Å². The molecule has 0 aliphatic heterocycles. The molecule has 0 N–H and O–H groups in total. The molecular weight excluding hydrogens is 268 g/mol. The van der Waals surface area contributed by atoms with Gasteiger partial charge in [0.2, 0.25) is 0 Å². The van der Waals surface area contributed by atoms with E-state index < -0.39 is 0 Å². The van der Waals surface area contributed by atoms with Crippen molar-refractivity contribution in [1.29, 1.82) is 0 Å². The van der Waals surface area contributed by atoms with Crippen molar-refractivity contribution in [2.24, 2.45) is 0 Å². The van der Waals surface area contributed by atoms with Crippen LogP contribution in [0.4, 0.5) is 0 Å². The third-order valence-corrected chi connectivity index (χ3v) is 3.17. The van der Waals surface area contributed by atoms with Gasteiger partial charge in [0.05, 0.1) is 0 Å². The van der Waals surface area contributed by atoms with Crippen molar-refractivity contribution in [2.45, 2.75) is 25.5 Å². The van der Waals surface area contributed by atoms with Crippen LogP contribution in [0.25, 0.3) is 10.6 Å². The normalized spacial score (nSPS) is 11.6. The molecule has 0 bridgehead atoms. The Kier molecular flexibility index (Phi) is 32.7. The molecule has 2 nitrogen and oxygen atoms in total. The first kappa shape index (κ1) is 23.7. The monoisotopic (exact) mass is 298 g/mol. The van der Waals surface area contributed by atoms with Crippen molar-refractivity contribution in [1.82, 2.24) is 0 Å². The first-order valence-corrected chi connectivity index (χ1v) is 8.75. The van der Waals surface area contributed by atoms with E-state index in [2.05, 4.69) is 34.1 Å². The van der Waals surface area contributed by atoms with Crippen LogP contribution >= 0.6 is 0 Å². The summed E-state index contributed by atoms with van der Waals surface area (Å²) in [5.74, 6) is 0. The van der Waals surface area contributed by atoms with Gasteiger partial charge in [-0.2, -0.15) is 28.2 Å². The van der Waals surface area contributed by atoms with Gasteiger partial charge < -0.3 is 10.6 Å². The second-order valence-electron chi connectivity index (χ2n) is 3.52. The van der Waals surface area contributed by atoms with E-state index in [4.69, 9.17) is 0 Å². The molecular formula is C16H30N2Ti. The fourth-order valence-corrected chi connectivity index (χ4v) is 1.77. The zero-order chi connectivity index (χ0) is 15.4. The predicted octanol–water partition coefficient (Wildman–Crippen LogP) is 5.34. The summed E-state index contributed by atoms with van der Waals surface area (Å²) in [5, 5.41) is 9.32. The number of allylic oxidation sites excluding steroid dienone is 8. The van der Waals surface area contributed by atoms with Crippen molar-refractivity contribution >= 4 is 0 Å². The van der Waals surface area contributed by atoms with Crippen molar-refractivity contribution in [3.8, 4) is 0 Å². The molecule has 0 amide bonds. The van der Waals surface area contributed by atoms with E-state index in [1.807, 2.05) is 38.2 Å². The summed E-state index contributed by atoms with van der Waals surface area (Å²) in [6, 6.07) is 0. The topological polar surface area (TPSA) is 28.2 Å². The molecule has 19 heavy (non-hydrogen) atoms. The summed E-state index contributed by atoms with van der Waals surface area (Å²) in [6.07, 6.45) is 15.9. The maximum atomic E-state index is 3.50. The molecule has 0 aromatic rings. The van der Waals surface area contributed by atoms with Gasteiger partial charge >= 0.3 is 52.9 Å². The van der Waals surface area contributed by atoms with Crippen molar-refractivity contribution < 1.29 is 19.2 Å². The molecule has 1 aliphatic carbocycles. The average molecular weight is 298 g/mol. The fraction of sp³-hybridized carbons (Fsp3) is 0.500. The standard InChI is InChI=1S/C6H10.C5H5.2C2H6N.CH3.Ti/c1-3-5-6-4-2;1-2-4-5-3-1;2*1-3-2;;/h3-6H,1-2H3;1-3H,4H2;2*1-2H3;1H3;/q;;2*-1;;+2. The van der Waals surface area contributed by atoms with Crippen LogP contribution in [-0.2, 0) is 19.2 Å². The van der Waals surface area contributed by atoms with Crippen molar-refractivity contribution in [2.75, 3.05) is 28.2 Å². The zero-order valence-corrected chi connectivity index (χ0v) is 15.2. The Bertz CT molecular complexity index is 241. The minimum atomic E-state index is 0.292. The van der Waals surface area contributed by atoms with E-state index >= 15 is 0 Å². The third kappa shape index (κ3) is 31.8. The first-order valence-electron chi connectivity index (χ1n) is 6.41. The van der Waals surface area contributed by atoms with Crippen LogP contribution in [0.2, 0.25) is 5.23 Å². The van der Waals surface area contributed by atoms with Crippen LogP contribution in [0.1, 0.15) is 20.3 Å². The zero-order valence-electron chi connectivity index (χ0n) is 13.6. The molecule has 0 atom stereocenters. The molecule has 0 heterocycles. The molecule has 108 valence electrons. The van der Waals surface area contributed by atoms with E-state index in [9.17, 15) is 0 Å². The van der Waals surface area contributed by atoms with E-state index in [-0.39, 0.29) is 0 Å². The van der Waals surface area contributed by atoms with E-state index in [1.165, 1.54) is 6.42 Å². The van der Waals surface area contributed by atoms with E-state index in [0.29, 0.717) is 19.2 Å². The Morgan fingerprint density at radius 1 is 1.00 bits per heavy atom. The Balaban J connectivity index is -0.000000195. The summed E-state index contributed by atoms with van der Waals surface area (Å²) < 4.78 is 1.68. The molecule has 0 aromatic heterocycles. The molecule has 1 aliphatic rings. The number of hydrogen-bond donors (Lipinski definition) is 0. The summed E-state index contributed by atoms with van der Waals surface area (Å²) in [5.41, 5.74) is 0. The first-order chi connectivity index (χ1) is 9.17. The summed E-state index contributed by atoms with van der Waals surface area (Å²) in [4.78, 5) is 0. The maximum absolute atomic E-state index is 3.50. The summed E-state index contributed by atoms with van der Waals surface area (Å²) in [6.45, 7) is 4.00. The van der Waals surface area contributed by atoms with Crippen LogP contribution in [0.3, 0.4) is 0 Å². The molecule has 0 aromatic carbocycles. The molecule has 1 rings (SSSR count). The molecule has 3 heteroatoms. The Hall–Kier alpha value is -0.406. The minimum absolute atomic E-state index is 0.292. The van der Waals surface area contributed by atoms with Gasteiger partial charge in [0.15, 0.2) is 0 Å².